The number of amides is 1. The molecule has 0 unspecified atom stereocenters. The number of hydrogen-bond acceptors (Lipinski definition) is 5. The largest absolute Gasteiger partial charge is 0.497 e. The lowest BCUT2D eigenvalue weighted by Gasteiger charge is -2.07. The van der Waals surface area contributed by atoms with Gasteiger partial charge >= 0.3 is 0 Å². The molecule has 0 saturated carbocycles. The monoisotopic (exact) mass is 338 g/mol. The Balaban J connectivity index is 1.93. The molecule has 7 heteroatoms. The number of halogens is 1. The number of nitrogens with zero attached hydrogens (tertiary/aromatic N) is 1. The highest BCUT2D eigenvalue weighted by Crippen LogP contribution is 2.29. The molecule has 124 valence electrons. The summed E-state index contributed by atoms with van der Waals surface area (Å²) in [7, 11) is 1.56. The topological polar surface area (TPSA) is 73.6 Å². The third-order valence-electron chi connectivity index (χ3n) is 2.97. The number of benzene rings is 1. The van der Waals surface area contributed by atoms with Gasteiger partial charge in [-0.15, -0.1) is 0 Å². The van der Waals surface area contributed by atoms with Gasteiger partial charge in [0.2, 0.25) is 0 Å². The molecule has 2 aromatic rings. The summed E-state index contributed by atoms with van der Waals surface area (Å²) in [5.41, 5.74) is 0.227. The van der Waals surface area contributed by atoms with Crippen LogP contribution in [0.4, 0.5) is 0 Å². The zero-order chi connectivity index (χ0) is 16.8. The van der Waals surface area contributed by atoms with Gasteiger partial charge in [0.1, 0.15) is 18.1 Å². The van der Waals surface area contributed by atoms with Crippen LogP contribution in [0.2, 0.25) is 5.02 Å². The molecule has 0 aliphatic heterocycles. The Kier molecular flexibility index (Phi) is 5.87. The average molecular weight is 339 g/mol. The van der Waals surface area contributed by atoms with Crippen molar-refractivity contribution in [3.8, 4) is 11.5 Å². The molecule has 0 bridgehead atoms. The second kappa shape index (κ2) is 7.87. The number of nitrogens with one attached hydrogen (secondary N) is 1. The zero-order valence-corrected chi connectivity index (χ0v) is 14.0. The van der Waals surface area contributed by atoms with Gasteiger partial charge in [-0.2, -0.15) is 0 Å². The Morgan fingerprint density at radius 2 is 2.17 bits per heavy atom. The maximum atomic E-state index is 11.9. The molecule has 0 atom stereocenters. The molecule has 1 amide bonds. The normalized spacial score (nSPS) is 10.7. The maximum Gasteiger partial charge on any atom is 0.273 e. The van der Waals surface area contributed by atoms with Crippen molar-refractivity contribution in [2.45, 2.75) is 20.5 Å². The predicted molar refractivity (Wildman–Crippen MR) is 86.0 cm³/mol. The molecular formula is C16H19ClN2O4. The minimum Gasteiger partial charge on any atom is -0.497 e. The Hall–Kier alpha value is -2.21. The van der Waals surface area contributed by atoms with Crippen LogP contribution in [0.5, 0.6) is 11.5 Å². The van der Waals surface area contributed by atoms with Crippen LogP contribution in [0.1, 0.15) is 30.1 Å². The number of carbonyl (C=O) groups excluding carboxylic acids is 1. The molecule has 0 aliphatic rings. The highest BCUT2D eigenvalue weighted by atomic mass is 35.5. The van der Waals surface area contributed by atoms with Gasteiger partial charge in [0.15, 0.2) is 11.5 Å². The quantitative estimate of drug-likeness (QED) is 0.838. The van der Waals surface area contributed by atoms with Gasteiger partial charge in [0.25, 0.3) is 5.91 Å². The molecular weight excluding hydrogens is 320 g/mol. The lowest BCUT2D eigenvalue weighted by molar-refractivity contribution is 0.0939. The minimum atomic E-state index is -0.267. The van der Waals surface area contributed by atoms with E-state index >= 15 is 0 Å². The zero-order valence-electron chi connectivity index (χ0n) is 13.3. The summed E-state index contributed by atoms with van der Waals surface area (Å²) in [6, 6.07) is 6.65. The highest BCUT2D eigenvalue weighted by Gasteiger charge is 2.13. The van der Waals surface area contributed by atoms with E-state index in [0.717, 1.165) is 0 Å². The summed E-state index contributed by atoms with van der Waals surface area (Å²) >= 11 is 6.09. The van der Waals surface area contributed by atoms with Crippen molar-refractivity contribution in [3.05, 3.63) is 40.7 Å². The first-order chi connectivity index (χ1) is 11.0. The molecule has 6 nitrogen and oxygen atoms in total. The van der Waals surface area contributed by atoms with Crippen molar-refractivity contribution in [2.75, 3.05) is 13.7 Å². The number of rotatable bonds is 7. The van der Waals surface area contributed by atoms with Gasteiger partial charge in [-0.1, -0.05) is 30.6 Å². The smallest absolute Gasteiger partial charge is 0.273 e. The second-order valence-corrected chi connectivity index (χ2v) is 5.77. The van der Waals surface area contributed by atoms with E-state index < -0.39 is 0 Å². The van der Waals surface area contributed by atoms with Crippen LogP contribution in [0.3, 0.4) is 0 Å². The highest BCUT2D eigenvalue weighted by molar-refractivity contribution is 6.32. The van der Waals surface area contributed by atoms with Crippen LogP contribution in [0.15, 0.2) is 28.8 Å². The van der Waals surface area contributed by atoms with E-state index in [4.69, 9.17) is 25.6 Å². The van der Waals surface area contributed by atoms with Gasteiger partial charge in [-0.3, -0.25) is 4.79 Å². The van der Waals surface area contributed by atoms with Crippen molar-refractivity contribution < 1.29 is 18.8 Å². The SMILES string of the molecule is COc1ccc(OCc2cc(C(=O)NCC(C)C)no2)c(Cl)c1. The van der Waals surface area contributed by atoms with Crippen molar-refractivity contribution in [1.29, 1.82) is 0 Å². The first-order valence-electron chi connectivity index (χ1n) is 7.19. The van der Waals surface area contributed by atoms with E-state index in [0.29, 0.717) is 34.7 Å². The summed E-state index contributed by atoms with van der Waals surface area (Å²) in [5, 5.41) is 6.94. The Morgan fingerprint density at radius 1 is 1.39 bits per heavy atom. The number of ether oxygens (including phenoxy) is 2. The number of methoxy groups -OCH3 is 1. The van der Waals surface area contributed by atoms with E-state index in [1.807, 2.05) is 13.8 Å². The number of hydrogen-bond donors (Lipinski definition) is 1. The van der Waals surface area contributed by atoms with Gasteiger partial charge in [0, 0.05) is 18.7 Å². The fraction of sp³-hybridized carbons (Fsp3) is 0.375. The molecule has 0 spiro atoms. The molecule has 0 radical (unpaired) electrons. The van der Waals surface area contributed by atoms with Crippen molar-refractivity contribution in [1.82, 2.24) is 10.5 Å². The lowest BCUT2D eigenvalue weighted by Crippen LogP contribution is -2.27. The van der Waals surface area contributed by atoms with Crippen LogP contribution < -0.4 is 14.8 Å². The summed E-state index contributed by atoms with van der Waals surface area (Å²) < 4.78 is 15.7. The molecule has 1 aromatic carbocycles. The molecule has 1 aromatic heterocycles. The van der Waals surface area contributed by atoms with Crippen molar-refractivity contribution in [2.24, 2.45) is 5.92 Å². The second-order valence-electron chi connectivity index (χ2n) is 5.37. The fourth-order valence-electron chi connectivity index (χ4n) is 1.75. The number of carbonyl (C=O) groups is 1. The van der Waals surface area contributed by atoms with Crippen LogP contribution in [0.25, 0.3) is 0 Å². The first kappa shape index (κ1) is 17.1. The van der Waals surface area contributed by atoms with E-state index in [2.05, 4.69) is 10.5 Å². The first-order valence-corrected chi connectivity index (χ1v) is 7.57. The van der Waals surface area contributed by atoms with Gasteiger partial charge in [0.05, 0.1) is 12.1 Å². The molecule has 23 heavy (non-hydrogen) atoms. The summed E-state index contributed by atoms with van der Waals surface area (Å²) in [5.74, 6) is 1.68. The summed E-state index contributed by atoms with van der Waals surface area (Å²) in [4.78, 5) is 11.9. The molecule has 1 N–H and O–H groups in total. The van der Waals surface area contributed by atoms with E-state index in [9.17, 15) is 4.79 Å². The fourth-order valence-corrected chi connectivity index (χ4v) is 1.97. The summed E-state index contributed by atoms with van der Waals surface area (Å²) in [6.07, 6.45) is 0. The Morgan fingerprint density at radius 3 is 2.83 bits per heavy atom. The van der Waals surface area contributed by atoms with Gasteiger partial charge in [-0.25, -0.2) is 0 Å². The molecule has 0 saturated heterocycles. The Labute approximate surface area is 139 Å². The van der Waals surface area contributed by atoms with E-state index in [-0.39, 0.29) is 18.2 Å². The van der Waals surface area contributed by atoms with E-state index in [1.54, 1.807) is 31.4 Å². The van der Waals surface area contributed by atoms with Gasteiger partial charge in [-0.05, 0) is 18.1 Å². The Bertz CT molecular complexity index is 670. The van der Waals surface area contributed by atoms with Gasteiger partial charge < -0.3 is 19.3 Å². The molecule has 1 heterocycles. The lowest BCUT2D eigenvalue weighted by atomic mass is 10.2. The third-order valence-corrected chi connectivity index (χ3v) is 3.27. The average Bonchev–Trinajstić information content (AvgIpc) is 3.00. The van der Waals surface area contributed by atoms with Crippen LogP contribution in [-0.4, -0.2) is 24.7 Å². The van der Waals surface area contributed by atoms with Crippen LogP contribution in [0, 0.1) is 5.92 Å². The van der Waals surface area contributed by atoms with E-state index in [1.165, 1.54) is 0 Å². The molecule has 0 fully saturated rings. The van der Waals surface area contributed by atoms with Crippen molar-refractivity contribution >= 4 is 17.5 Å². The third kappa shape index (κ3) is 4.89. The molecule has 2 rings (SSSR count). The van der Waals surface area contributed by atoms with Crippen LogP contribution in [-0.2, 0) is 6.61 Å². The van der Waals surface area contributed by atoms with Crippen LogP contribution >= 0.6 is 11.6 Å². The number of aromatic nitrogens is 1. The molecule has 0 aliphatic carbocycles. The predicted octanol–water partition coefficient (Wildman–Crippen LogP) is 3.30. The standard InChI is InChI=1S/C16H19ClN2O4/c1-10(2)8-18-16(20)14-7-12(23-19-14)9-22-15-5-4-11(21-3)6-13(15)17/h4-7,10H,8-9H2,1-3H3,(H,18,20). The summed E-state index contributed by atoms with van der Waals surface area (Å²) in [6.45, 7) is 4.73. The minimum absolute atomic E-state index is 0.122. The maximum absolute atomic E-state index is 11.9. The van der Waals surface area contributed by atoms with Crippen molar-refractivity contribution in [3.63, 3.8) is 0 Å².